The van der Waals surface area contributed by atoms with Gasteiger partial charge in [-0.15, -0.1) is 22.7 Å². The van der Waals surface area contributed by atoms with Crippen molar-refractivity contribution in [2.45, 2.75) is 0 Å². The summed E-state index contributed by atoms with van der Waals surface area (Å²) in [6.45, 7) is 0. The predicted molar refractivity (Wildman–Crippen MR) is 195 cm³/mol. The topological polar surface area (TPSA) is 43.9 Å². The Bertz CT molecular complexity index is 3050. The highest BCUT2D eigenvalue weighted by molar-refractivity contribution is 7.26. The predicted octanol–water partition coefficient (Wildman–Crippen LogP) is 11.9. The first-order chi connectivity index (χ1) is 22.8. The summed E-state index contributed by atoms with van der Waals surface area (Å²) in [7, 11) is 0. The van der Waals surface area contributed by atoms with Gasteiger partial charge in [0.05, 0.1) is 22.1 Å². The van der Waals surface area contributed by atoms with Gasteiger partial charge in [-0.2, -0.15) is 4.98 Å². The van der Waals surface area contributed by atoms with E-state index in [1.807, 2.05) is 34.8 Å². The molecular formula is C40H21N3OS2. The zero-order chi connectivity index (χ0) is 29.9. The lowest BCUT2D eigenvalue weighted by atomic mass is 10.0. The minimum Gasteiger partial charge on any atom is -0.437 e. The van der Waals surface area contributed by atoms with Crippen molar-refractivity contribution in [1.29, 1.82) is 0 Å². The lowest BCUT2D eigenvalue weighted by Crippen LogP contribution is -2.02. The maximum absolute atomic E-state index is 6.50. The van der Waals surface area contributed by atoms with E-state index in [0.29, 0.717) is 11.7 Å². The van der Waals surface area contributed by atoms with Gasteiger partial charge in [-0.25, -0.2) is 4.98 Å². The fourth-order valence-corrected chi connectivity index (χ4v) is 9.59. The number of para-hydroxylation sites is 2. The van der Waals surface area contributed by atoms with Crippen molar-refractivity contribution in [1.82, 2.24) is 14.5 Å². The van der Waals surface area contributed by atoms with Gasteiger partial charge >= 0.3 is 0 Å². The summed E-state index contributed by atoms with van der Waals surface area (Å²) in [5.41, 5.74) is 5.52. The molecule has 0 aliphatic rings. The van der Waals surface area contributed by atoms with Gasteiger partial charge in [-0.3, -0.25) is 4.57 Å². The Morgan fingerprint density at radius 1 is 0.500 bits per heavy atom. The smallest absolute Gasteiger partial charge is 0.238 e. The van der Waals surface area contributed by atoms with Crippen LogP contribution in [-0.2, 0) is 0 Å². The largest absolute Gasteiger partial charge is 0.437 e. The molecule has 46 heavy (non-hydrogen) atoms. The van der Waals surface area contributed by atoms with Crippen LogP contribution < -0.4 is 0 Å². The zero-order valence-corrected chi connectivity index (χ0v) is 25.8. The summed E-state index contributed by atoms with van der Waals surface area (Å²) in [4.78, 5) is 10.7. The van der Waals surface area contributed by atoms with E-state index in [2.05, 4.69) is 120 Å². The molecule has 0 aliphatic carbocycles. The Kier molecular flexibility index (Phi) is 4.84. The number of benzene rings is 6. The standard InChI is InChI=1S/C40H21N3OS2/c1-5-16-30-22(10-1)28-21-35-29(24-12-4-7-18-33(24)45-35)20-31(28)43(30)40-41-37(36-26-13-2-6-17-32(26)44-39(36)42-40)27-15-9-14-25-23-11-3-8-19-34(23)46-38(25)27/h1-21H. The summed E-state index contributed by atoms with van der Waals surface area (Å²) in [5, 5.41) is 9.35. The van der Waals surface area contributed by atoms with Gasteiger partial charge in [0.2, 0.25) is 11.7 Å². The summed E-state index contributed by atoms with van der Waals surface area (Å²) in [6, 6.07) is 45.2. The molecule has 0 saturated carbocycles. The Labute approximate surface area is 269 Å². The molecule has 6 heteroatoms. The lowest BCUT2D eigenvalue weighted by molar-refractivity contribution is 0.651. The van der Waals surface area contributed by atoms with E-state index >= 15 is 0 Å². The Morgan fingerprint density at radius 2 is 1.20 bits per heavy atom. The molecule has 214 valence electrons. The van der Waals surface area contributed by atoms with Crippen molar-refractivity contribution < 1.29 is 4.42 Å². The van der Waals surface area contributed by atoms with Crippen molar-refractivity contribution in [3.8, 4) is 17.2 Å². The lowest BCUT2D eigenvalue weighted by Gasteiger charge is -2.10. The van der Waals surface area contributed by atoms with Crippen molar-refractivity contribution >= 4 is 107 Å². The molecule has 11 rings (SSSR count). The van der Waals surface area contributed by atoms with Crippen molar-refractivity contribution in [2.75, 3.05) is 0 Å². The van der Waals surface area contributed by atoms with E-state index in [1.165, 1.54) is 51.1 Å². The van der Waals surface area contributed by atoms with Gasteiger partial charge in [-0.05, 0) is 36.4 Å². The number of hydrogen-bond acceptors (Lipinski definition) is 5. The molecule has 6 aromatic carbocycles. The molecule has 5 aromatic heterocycles. The highest BCUT2D eigenvalue weighted by Gasteiger charge is 2.23. The third-order valence-electron chi connectivity index (χ3n) is 9.26. The van der Waals surface area contributed by atoms with Crippen LogP contribution in [0, 0.1) is 0 Å². The minimum absolute atomic E-state index is 0.590. The quantitative estimate of drug-likeness (QED) is 0.192. The molecule has 0 spiro atoms. The third kappa shape index (κ3) is 3.27. The van der Waals surface area contributed by atoms with Gasteiger partial charge in [0.25, 0.3) is 0 Å². The number of rotatable bonds is 2. The first kappa shape index (κ1) is 24.7. The molecule has 0 radical (unpaired) electrons. The minimum atomic E-state index is 0.590. The first-order valence-electron chi connectivity index (χ1n) is 15.2. The number of fused-ring (bicyclic) bond motifs is 12. The highest BCUT2D eigenvalue weighted by atomic mass is 32.1. The van der Waals surface area contributed by atoms with E-state index in [1.54, 1.807) is 0 Å². The number of hydrogen-bond donors (Lipinski definition) is 0. The zero-order valence-electron chi connectivity index (χ0n) is 24.2. The van der Waals surface area contributed by atoms with Crippen LogP contribution in [0.15, 0.2) is 132 Å². The second-order valence-electron chi connectivity index (χ2n) is 11.7. The van der Waals surface area contributed by atoms with Crippen LogP contribution in [0.4, 0.5) is 0 Å². The first-order valence-corrected chi connectivity index (χ1v) is 16.9. The molecule has 0 amide bonds. The number of thiophene rings is 2. The molecule has 4 nitrogen and oxygen atoms in total. The SMILES string of the molecule is c1ccc2c(c1)oc1nc(-n3c4ccccc4c4cc5sc6ccccc6c5cc43)nc(-c3cccc4c3sc3ccccc34)c12. The molecule has 5 heterocycles. The summed E-state index contributed by atoms with van der Waals surface area (Å²) in [5.74, 6) is 0.602. The molecular weight excluding hydrogens is 603 g/mol. The molecule has 0 bridgehead atoms. The van der Waals surface area contributed by atoms with Crippen LogP contribution in [-0.4, -0.2) is 14.5 Å². The molecule has 0 unspecified atom stereocenters. The monoisotopic (exact) mass is 623 g/mol. The van der Waals surface area contributed by atoms with Crippen molar-refractivity contribution in [2.24, 2.45) is 0 Å². The fourth-order valence-electron chi connectivity index (χ4n) is 7.24. The number of furan rings is 1. The molecule has 11 aromatic rings. The van der Waals surface area contributed by atoms with Crippen LogP contribution in [0.2, 0.25) is 0 Å². The van der Waals surface area contributed by atoms with Crippen LogP contribution in [0.1, 0.15) is 0 Å². The van der Waals surface area contributed by atoms with E-state index in [9.17, 15) is 0 Å². The second kappa shape index (κ2) is 9.01. The van der Waals surface area contributed by atoms with Crippen molar-refractivity contribution in [3.63, 3.8) is 0 Å². The van der Waals surface area contributed by atoms with Gasteiger partial charge in [0.15, 0.2) is 0 Å². The van der Waals surface area contributed by atoms with Gasteiger partial charge in [0.1, 0.15) is 5.58 Å². The molecule has 0 fully saturated rings. The van der Waals surface area contributed by atoms with Crippen LogP contribution in [0.3, 0.4) is 0 Å². The fraction of sp³-hybridized carbons (Fsp3) is 0. The number of nitrogens with zero attached hydrogens (tertiary/aromatic N) is 3. The third-order valence-corrected chi connectivity index (χ3v) is 11.6. The normalized spacial score (nSPS) is 12.3. The maximum Gasteiger partial charge on any atom is 0.238 e. The van der Waals surface area contributed by atoms with Gasteiger partial charge < -0.3 is 4.42 Å². The van der Waals surface area contributed by atoms with Crippen LogP contribution >= 0.6 is 22.7 Å². The summed E-state index contributed by atoms with van der Waals surface area (Å²) in [6.07, 6.45) is 0. The van der Waals surface area contributed by atoms with Gasteiger partial charge in [0, 0.05) is 62.1 Å². The Hall–Kier alpha value is -5.56. The van der Waals surface area contributed by atoms with Crippen LogP contribution in [0.25, 0.3) is 101 Å². The highest BCUT2D eigenvalue weighted by Crippen LogP contribution is 2.44. The van der Waals surface area contributed by atoms with Gasteiger partial charge in [-0.1, -0.05) is 91.0 Å². The number of aromatic nitrogens is 3. The molecule has 0 atom stereocenters. The average Bonchev–Trinajstić information content (AvgIpc) is 3.85. The summed E-state index contributed by atoms with van der Waals surface area (Å²) >= 11 is 3.66. The molecule has 0 N–H and O–H groups in total. The van der Waals surface area contributed by atoms with E-state index in [4.69, 9.17) is 14.4 Å². The van der Waals surface area contributed by atoms with E-state index in [0.717, 1.165) is 38.6 Å². The van der Waals surface area contributed by atoms with Crippen molar-refractivity contribution in [3.05, 3.63) is 127 Å². The van der Waals surface area contributed by atoms with E-state index in [-0.39, 0.29) is 0 Å². The maximum atomic E-state index is 6.50. The van der Waals surface area contributed by atoms with Crippen LogP contribution in [0.5, 0.6) is 0 Å². The molecule has 0 aliphatic heterocycles. The average molecular weight is 624 g/mol. The Balaban J connectivity index is 1.30. The second-order valence-corrected chi connectivity index (χ2v) is 13.9. The van der Waals surface area contributed by atoms with E-state index < -0.39 is 0 Å². The Morgan fingerprint density at radius 3 is 2.07 bits per heavy atom. The summed E-state index contributed by atoms with van der Waals surface area (Å²) < 4.78 is 13.8. The molecule has 0 saturated heterocycles.